The Morgan fingerprint density at radius 1 is 1.40 bits per heavy atom. The Morgan fingerprint density at radius 3 is 2.65 bits per heavy atom. The molecular formula is C14H15F4NO. The van der Waals surface area contributed by atoms with Gasteiger partial charge in [0, 0.05) is 13.1 Å². The van der Waals surface area contributed by atoms with Crippen molar-refractivity contribution in [2.75, 3.05) is 13.1 Å². The maximum atomic E-state index is 13.6. The Labute approximate surface area is 114 Å². The van der Waals surface area contributed by atoms with Crippen LogP contribution in [0.4, 0.5) is 17.6 Å². The number of hydrogen-bond donors (Lipinski definition) is 0. The molecule has 2 rings (SSSR count). The number of carbonyl (C=O) groups is 1. The van der Waals surface area contributed by atoms with Crippen LogP contribution in [0.1, 0.15) is 35.7 Å². The van der Waals surface area contributed by atoms with Crippen LogP contribution >= 0.6 is 0 Å². The molecule has 1 aliphatic heterocycles. The number of carbonyl (C=O) groups excluding carboxylic acids is 1. The lowest BCUT2D eigenvalue weighted by Gasteiger charge is -2.17. The fourth-order valence-electron chi connectivity index (χ4n) is 2.39. The van der Waals surface area contributed by atoms with Gasteiger partial charge in [-0.3, -0.25) is 4.79 Å². The van der Waals surface area contributed by atoms with E-state index in [0.29, 0.717) is 37.2 Å². The number of rotatable bonds is 2. The SMILES string of the molecule is CCC1CCN(C(=O)c2cc(C(F)(F)F)ccc2F)C1. The van der Waals surface area contributed by atoms with E-state index in [1.807, 2.05) is 6.92 Å². The van der Waals surface area contributed by atoms with Crippen molar-refractivity contribution in [3.05, 3.63) is 35.1 Å². The molecule has 1 atom stereocenters. The maximum absolute atomic E-state index is 13.6. The normalized spacial score (nSPS) is 19.4. The fraction of sp³-hybridized carbons (Fsp3) is 0.500. The van der Waals surface area contributed by atoms with Crippen LogP contribution < -0.4 is 0 Å². The lowest BCUT2D eigenvalue weighted by Crippen LogP contribution is -2.29. The minimum absolute atomic E-state index is 0.341. The first-order chi connectivity index (χ1) is 9.32. The van der Waals surface area contributed by atoms with Gasteiger partial charge in [-0.05, 0) is 30.5 Å². The van der Waals surface area contributed by atoms with Crippen LogP contribution in [0.3, 0.4) is 0 Å². The van der Waals surface area contributed by atoms with Crippen molar-refractivity contribution < 1.29 is 22.4 Å². The summed E-state index contributed by atoms with van der Waals surface area (Å²) in [5.41, 5.74) is -1.51. The fourth-order valence-corrected chi connectivity index (χ4v) is 2.39. The van der Waals surface area contributed by atoms with Crippen molar-refractivity contribution in [2.45, 2.75) is 25.9 Å². The van der Waals surface area contributed by atoms with Gasteiger partial charge < -0.3 is 4.90 Å². The monoisotopic (exact) mass is 289 g/mol. The Hall–Kier alpha value is -1.59. The molecule has 1 unspecified atom stereocenters. The largest absolute Gasteiger partial charge is 0.416 e. The second kappa shape index (κ2) is 5.42. The molecule has 1 aliphatic rings. The van der Waals surface area contributed by atoms with Gasteiger partial charge >= 0.3 is 6.18 Å². The van der Waals surface area contributed by atoms with E-state index in [9.17, 15) is 22.4 Å². The Bertz CT molecular complexity index is 512. The molecule has 0 spiro atoms. The quantitative estimate of drug-likeness (QED) is 0.760. The molecule has 0 N–H and O–H groups in total. The number of benzene rings is 1. The van der Waals surface area contributed by atoms with E-state index in [1.165, 1.54) is 4.90 Å². The molecule has 0 radical (unpaired) electrons. The molecule has 0 bridgehead atoms. The van der Waals surface area contributed by atoms with Crippen LogP contribution in [0.25, 0.3) is 0 Å². The lowest BCUT2D eigenvalue weighted by molar-refractivity contribution is -0.137. The van der Waals surface area contributed by atoms with Crippen LogP contribution in [-0.2, 0) is 6.18 Å². The van der Waals surface area contributed by atoms with Crippen molar-refractivity contribution in [1.82, 2.24) is 4.90 Å². The molecule has 1 aromatic rings. The third-order valence-corrected chi connectivity index (χ3v) is 3.67. The van der Waals surface area contributed by atoms with Gasteiger partial charge in [0.15, 0.2) is 0 Å². The Morgan fingerprint density at radius 2 is 2.10 bits per heavy atom. The van der Waals surface area contributed by atoms with E-state index in [2.05, 4.69) is 0 Å². The molecule has 0 aliphatic carbocycles. The molecular weight excluding hydrogens is 274 g/mol. The number of hydrogen-bond acceptors (Lipinski definition) is 1. The van der Waals surface area contributed by atoms with Crippen LogP contribution in [0.2, 0.25) is 0 Å². The molecule has 1 saturated heterocycles. The second-order valence-corrected chi connectivity index (χ2v) is 5.01. The molecule has 0 saturated carbocycles. The molecule has 1 amide bonds. The smallest absolute Gasteiger partial charge is 0.338 e. The van der Waals surface area contributed by atoms with Crippen LogP contribution in [-0.4, -0.2) is 23.9 Å². The zero-order valence-corrected chi connectivity index (χ0v) is 11.0. The molecule has 1 fully saturated rings. The van der Waals surface area contributed by atoms with E-state index in [0.717, 1.165) is 12.8 Å². The van der Waals surface area contributed by atoms with Gasteiger partial charge in [-0.2, -0.15) is 13.2 Å². The van der Waals surface area contributed by atoms with E-state index in [1.54, 1.807) is 0 Å². The molecule has 2 nitrogen and oxygen atoms in total. The number of nitrogens with zero attached hydrogens (tertiary/aromatic N) is 1. The van der Waals surface area contributed by atoms with Crippen LogP contribution in [0, 0.1) is 11.7 Å². The number of alkyl halides is 3. The van der Waals surface area contributed by atoms with Gasteiger partial charge in [0.25, 0.3) is 5.91 Å². The average Bonchev–Trinajstić information content (AvgIpc) is 2.86. The molecule has 110 valence electrons. The third kappa shape index (κ3) is 2.94. The predicted molar refractivity (Wildman–Crippen MR) is 65.7 cm³/mol. The van der Waals surface area contributed by atoms with E-state index >= 15 is 0 Å². The van der Waals surface area contributed by atoms with Crippen molar-refractivity contribution in [2.24, 2.45) is 5.92 Å². The first kappa shape index (κ1) is 14.8. The maximum Gasteiger partial charge on any atom is 0.416 e. The summed E-state index contributed by atoms with van der Waals surface area (Å²) in [6.45, 7) is 2.93. The summed E-state index contributed by atoms with van der Waals surface area (Å²) in [5, 5.41) is 0. The van der Waals surface area contributed by atoms with Gasteiger partial charge in [0.05, 0.1) is 11.1 Å². The molecule has 6 heteroatoms. The highest BCUT2D eigenvalue weighted by atomic mass is 19.4. The Kier molecular flexibility index (Phi) is 4.01. The summed E-state index contributed by atoms with van der Waals surface area (Å²) in [6, 6.07) is 1.94. The summed E-state index contributed by atoms with van der Waals surface area (Å²) in [6.07, 6.45) is -2.88. The summed E-state index contributed by atoms with van der Waals surface area (Å²) in [4.78, 5) is 13.6. The zero-order chi connectivity index (χ0) is 14.9. The molecule has 0 aromatic heterocycles. The van der Waals surface area contributed by atoms with Gasteiger partial charge in [-0.15, -0.1) is 0 Å². The summed E-state index contributed by atoms with van der Waals surface area (Å²) in [5.74, 6) is -1.24. The van der Waals surface area contributed by atoms with E-state index in [-0.39, 0.29) is 0 Å². The van der Waals surface area contributed by atoms with Crippen molar-refractivity contribution in [3.63, 3.8) is 0 Å². The number of halogens is 4. The topological polar surface area (TPSA) is 20.3 Å². The summed E-state index contributed by atoms with van der Waals surface area (Å²) in [7, 11) is 0. The van der Waals surface area contributed by atoms with Crippen molar-refractivity contribution in [1.29, 1.82) is 0 Å². The number of likely N-dealkylation sites (tertiary alicyclic amines) is 1. The van der Waals surface area contributed by atoms with Crippen LogP contribution in [0.5, 0.6) is 0 Å². The third-order valence-electron chi connectivity index (χ3n) is 3.67. The highest BCUT2D eigenvalue weighted by Gasteiger charge is 2.33. The second-order valence-electron chi connectivity index (χ2n) is 5.01. The first-order valence-corrected chi connectivity index (χ1v) is 6.49. The molecule has 1 heterocycles. The van der Waals surface area contributed by atoms with Crippen LogP contribution in [0.15, 0.2) is 18.2 Å². The highest BCUT2D eigenvalue weighted by molar-refractivity contribution is 5.94. The average molecular weight is 289 g/mol. The highest BCUT2D eigenvalue weighted by Crippen LogP contribution is 2.31. The number of amides is 1. The van der Waals surface area contributed by atoms with Gasteiger partial charge in [0.1, 0.15) is 5.82 Å². The van der Waals surface area contributed by atoms with Gasteiger partial charge in [-0.1, -0.05) is 13.3 Å². The van der Waals surface area contributed by atoms with Crippen molar-refractivity contribution in [3.8, 4) is 0 Å². The summed E-state index contributed by atoms with van der Waals surface area (Å²) >= 11 is 0. The Balaban J connectivity index is 2.26. The predicted octanol–water partition coefficient (Wildman–Crippen LogP) is 3.72. The lowest BCUT2D eigenvalue weighted by atomic mass is 10.1. The summed E-state index contributed by atoms with van der Waals surface area (Å²) < 4.78 is 51.5. The standard InChI is InChI=1S/C14H15F4NO/c1-2-9-5-6-19(8-9)13(20)11-7-10(14(16,17)18)3-4-12(11)15/h3-4,7,9H,2,5-6,8H2,1H3. The van der Waals surface area contributed by atoms with E-state index in [4.69, 9.17) is 0 Å². The van der Waals surface area contributed by atoms with Crippen molar-refractivity contribution >= 4 is 5.91 Å². The van der Waals surface area contributed by atoms with Gasteiger partial charge in [0.2, 0.25) is 0 Å². The minimum Gasteiger partial charge on any atom is -0.338 e. The molecule has 1 aromatic carbocycles. The molecule has 20 heavy (non-hydrogen) atoms. The van der Waals surface area contributed by atoms with E-state index < -0.39 is 29.0 Å². The zero-order valence-electron chi connectivity index (χ0n) is 11.0. The minimum atomic E-state index is -4.58. The first-order valence-electron chi connectivity index (χ1n) is 6.49. The van der Waals surface area contributed by atoms with Gasteiger partial charge in [-0.25, -0.2) is 4.39 Å².